The van der Waals surface area contributed by atoms with E-state index in [9.17, 15) is 4.79 Å². The van der Waals surface area contributed by atoms with Gasteiger partial charge in [0.1, 0.15) is 0 Å². The third kappa shape index (κ3) is 5.28. The van der Waals surface area contributed by atoms with E-state index in [4.69, 9.17) is 4.74 Å². The van der Waals surface area contributed by atoms with E-state index in [1.807, 2.05) is 30.3 Å². The summed E-state index contributed by atoms with van der Waals surface area (Å²) in [4.78, 5) is 17.4. The molecule has 1 aromatic carbocycles. The lowest BCUT2D eigenvalue weighted by Crippen LogP contribution is -2.50. The van der Waals surface area contributed by atoms with Crippen LogP contribution >= 0.6 is 0 Å². The molecule has 0 saturated carbocycles. The minimum Gasteiger partial charge on any atom is -0.379 e. The maximum absolute atomic E-state index is 12.8. The van der Waals surface area contributed by atoms with Crippen LogP contribution < -0.4 is 10.3 Å². The maximum atomic E-state index is 12.8. The molecule has 6 heteroatoms. The second kappa shape index (κ2) is 10.0. The minimum absolute atomic E-state index is 0.0802. The number of ether oxygens (including phenoxy) is 1. The number of rotatable bonds is 8. The molecule has 1 amide bonds. The Hall–Kier alpha value is -2.44. The molecule has 2 heterocycles. The quantitative estimate of drug-likeness (QED) is 0.776. The van der Waals surface area contributed by atoms with Gasteiger partial charge in [-0.15, -0.1) is 0 Å². The molecule has 3 rings (SSSR count). The Bertz CT molecular complexity index is 717. The number of hydrogen-bond acceptors (Lipinski definition) is 5. The Kier molecular flexibility index (Phi) is 7.19. The van der Waals surface area contributed by atoms with Crippen molar-refractivity contribution in [3.8, 4) is 0 Å². The van der Waals surface area contributed by atoms with Gasteiger partial charge in [-0.05, 0) is 30.5 Å². The van der Waals surface area contributed by atoms with Gasteiger partial charge in [-0.25, -0.2) is 9.99 Å². The molecule has 1 aromatic heterocycles. The van der Waals surface area contributed by atoms with Crippen LogP contribution in [0.1, 0.15) is 29.3 Å². The van der Waals surface area contributed by atoms with Gasteiger partial charge >= 0.3 is 0 Å². The van der Waals surface area contributed by atoms with Crippen molar-refractivity contribution in [2.24, 2.45) is 0 Å². The number of benzene rings is 1. The average Bonchev–Trinajstić information content (AvgIpc) is 2.73. The molecule has 144 valence electrons. The highest BCUT2D eigenvalue weighted by molar-refractivity contribution is 5.98. The number of carbonyl (C=O) groups is 1. The van der Waals surface area contributed by atoms with Crippen molar-refractivity contribution in [2.45, 2.75) is 19.8 Å². The topological polar surface area (TPSA) is 57.7 Å². The highest BCUT2D eigenvalue weighted by atomic mass is 16.5. The van der Waals surface area contributed by atoms with Gasteiger partial charge < -0.3 is 10.1 Å². The van der Waals surface area contributed by atoms with Crippen LogP contribution in [0.5, 0.6) is 0 Å². The molecule has 0 spiro atoms. The van der Waals surface area contributed by atoms with Gasteiger partial charge in [0.05, 0.1) is 18.8 Å². The van der Waals surface area contributed by atoms with Gasteiger partial charge in [-0.1, -0.05) is 37.3 Å². The van der Waals surface area contributed by atoms with Crippen molar-refractivity contribution in [1.29, 1.82) is 0 Å². The molecule has 1 N–H and O–H groups in total. The van der Waals surface area contributed by atoms with Gasteiger partial charge in [0, 0.05) is 32.4 Å². The fraction of sp³-hybridized carbons (Fsp3) is 0.429. The standard InChI is InChI=1S/C21H28N4O2/c1-2-13-25(24-14-16-27-17-15-24)20-19(9-6-11-22-20)21(26)23-12-10-18-7-4-3-5-8-18/h3-9,11H,2,10,12-17H2,1H3,(H,23,26). The normalized spacial score (nSPS) is 14.7. The van der Waals surface area contributed by atoms with Crippen LogP contribution in [0.15, 0.2) is 48.7 Å². The summed E-state index contributed by atoms with van der Waals surface area (Å²) in [6, 6.07) is 13.8. The van der Waals surface area contributed by atoms with E-state index >= 15 is 0 Å². The molecule has 0 bridgehead atoms. The molecule has 6 nitrogen and oxygen atoms in total. The Balaban J connectivity index is 1.70. The zero-order valence-electron chi connectivity index (χ0n) is 15.9. The lowest BCUT2D eigenvalue weighted by molar-refractivity contribution is 0.0311. The Morgan fingerprint density at radius 2 is 1.96 bits per heavy atom. The predicted molar refractivity (Wildman–Crippen MR) is 107 cm³/mol. The second-order valence-electron chi connectivity index (χ2n) is 6.56. The first-order valence-electron chi connectivity index (χ1n) is 9.67. The number of nitrogens with one attached hydrogen (secondary N) is 1. The number of nitrogens with zero attached hydrogens (tertiary/aromatic N) is 3. The fourth-order valence-electron chi connectivity index (χ4n) is 3.23. The molecule has 1 fully saturated rings. The van der Waals surface area contributed by atoms with Crippen molar-refractivity contribution in [3.05, 3.63) is 59.8 Å². The first kappa shape index (κ1) is 19.3. The van der Waals surface area contributed by atoms with Gasteiger partial charge in [0.15, 0.2) is 5.82 Å². The van der Waals surface area contributed by atoms with E-state index in [1.54, 1.807) is 6.20 Å². The molecule has 1 aliphatic heterocycles. The summed E-state index contributed by atoms with van der Waals surface area (Å²) in [5, 5.41) is 7.40. The molecule has 27 heavy (non-hydrogen) atoms. The number of hydrazine groups is 1. The van der Waals surface area contributed by atoms with Gasteiger partial charge in [-0.3, -0.25) is 9.80 Å². The van der Waals surface area contributed by atoms with Crippen molar-refractivity contribution < 1.29 is 9.53 Å². The minimum atomic E-state index is -0.0802. The summed E-state index contributed by atoms with van der Waals surface area (Å²) >= 11 is 0. The summed E-state index contributed by atoms with van der Waals surface area (Å²) in [6.07, 6.45) is 3.53. The number of hydrogen-bond donors (Lipinski definition) is 1. The van der Waals surface area contributed by atoms with E-state index < -0.39 is 0 Å². The number of morpholine rings is 1. The van der Waals surface area contributed by atoms with Crippen LogP contribution in [0.4, 0.5) is 5.82 Å². The van der Waals surface area contributed by atoms with E-state index in [2.05, 4.69) is 39.4 Å². The molecular weight excluding hydrogens is 340 g/mol. The zero-order valence-corrected chi connectivity index (χ0v) is 15.9. The van der Waals surface area contributed by atoms with E-state index in [1.165, 1.54) is 5.56 Å². The third-order valence-corrected chi connectivity index (χ3v) is 4.58. The molecule has 0 unspecified atom stereocenters. The van der Waals surface area contributed by atoms with Crippen molar-refractivity contribution >= 4 is 11.7 Å². The predicted octanol–water partition coefficient (Wildman–Crippen LogP) is 2.52. The number of aromatic nitrogens is 1. The highest BCUT2D eigenvalue weighted by Crippen LogP contribution is 2.20. The SMILES string of the molecule is CCCN(c1ncccc1C(=O)NCCc1ccccc1)N1CCOCC1. The molecule has 1 saturated heterocycles. The summed E-state index contributed by atoms with van der Waals surface area (Å²) in [7, 11) is 0. The maximum Gasteiger partial charge on any atom is 0.255 e. The number of amides is 1. The first-order valence-corrected chi connectivity index (χ1v) is 9.67. The lowest BCUT2D eigenvalue weighted by atomic mass is 10.1. The van der Waals surface area contributed by atoms with Gasteiger partial charge in [0.25, 0.3) is 5.91 Å². The van der Waals surface area contributed by atoms with Crippen molar-refractivity contribution in [2.75, 3.05) is 44.4 Å². The molecule has 0 aliphatic carbocycles. The highest BCUT2D eigenvalue weighted by Gasteiger charge is 2.23. The molecular formula is C21H28N4O2. The second-order valence-corrected chi connectivity index (χ2v) is 6.56. The average molecular weight is 368 g/mol. The summed E-state index contributed by atoms with van der Waals surface area (Å²) in [5.41, 5.74) is 1.83. The van der Waals surface area contributed by atoms with Crippen LogP contribution in [-0.2, 0) is 11.2 Å². The van der Waals surface area contributed by atoms with Crippen LogP contribution in [0, 0.1) is 0 Å². The Labute approximate surface area is 161 Å². The molecule has 1 aliphatic rings. The number of pyridine rings is 1. The smallest absolute Gasteiger partial charge is 0.255 e. The molecule has 2 aromatic rings. The summed E-state index contributed by atoms with van der Waals surface area (Å²) in [6.45, 7) is 6.58. The van der Waals surface area contributed by atoms with Crippen molar-refractivity contribution in [1.82, 2.24) is 15.3 Å². The van der Waals surface area contributed by atoms with Crippen LogP contribution in [0.25, 0.3) is 0 Å². The Morgan fingerprint density at radius 1 is 1.19 bits per heavy atom. The fourth-order valence-corrected chi connectivity index (χ4v) is 3.23. The van der Waals surface area contributed by atoms with Crippen LogP contribution in [0.2, 0.25) is 0 Å². The molecule has 0 radical (unpaired) electrons. The van der Waals surface area contributed by atoms with E-state index in [0.29, 0.717) is 25.3 Å². The summed E-state index contributed by atoms with van der Waals surface area (Å²) in [5.74, 6) is 0.641. The largest absolute Gasteiger partial charge is 0.379 e. The first-order chi connectivity index (χ1) is 13.3. The van der Waals surface area contributed by atoms with E-state index in [-0.39, 0.29) is 5.91 Å². The lowest BCUT2D eigenvalue weighted by Gasteiger charge is -2.38. The zero-order chi connectivity index (χ0) is 18.9. The summed E-state index contributed by atoms with van der Waals surface area (Å²) < 4.78 is 5.47. The van der Waals surface area contributed by atoms with E-state index in [0.717, 1.165) is 38.3 Å². The molecule has 0 atom stereocenters. The van der Waals surface area contributed by atoms with Crippen LogP contribution in [0.3, 0.4) is 0 Å². The number of anilines is 1. The third-order valence-electron chi connectivity index (χ3n) is 4.58. The number of carbonyl (C=O) groups excluding carboxylic acids is 1. The van der Waals surface area contributed by atoms with Crippen molar-refractivity contribution in [3.63, 3.8) is 0 Å². The monoisotopic (exact) mass is 368 g/mol. The van der Waals surface area contributed by atoms with Gasteiger partial charge in [-0.2, -0.15) is 0 Å². The van der Waals surface area contributed by atoms with Gasteiger partial charge in [0.2, 0.25) is 0 Å². The Morgan fingerprint density at radius 3 is 2.70 bits per heavy atom. The van der Waals surface area contributed by atoms with Crippen LogP contribution in [-0.4, -0.2) is 55.3 Å².